The van der Waals surface area contributed by atoms with Crippen LogP contribution in [-0.2, 0) is 24.1 Å². The molecule has 0 N–H and O–H groups in total. The summed E-state index contributed by atoms with van der Waals surface area (Å²) in [7, 11) is 0. The minimum atomic E-state index is -5.02. The summed E-state index contributed by atoms with van der Waals surface area (Å²) in [6.45, 7) is -0.380. The van der Waals surface area contributed by atoms with Crippen molar-refractivity contribution >= 4 is 57.7 Å². The Balaban J connectivity index is 1.79. The van der Waals surface area contributed by atoms with Gasteiger partial charge in [-0.05, 0) is 92.9 Å². The van der Waals surface area contributed by atoms with Crippen molar-refractivity contribution < 1.29 is 35.2 Å². The predicted octanol–water partition coefficient (Wildman–Crippen LogP) is 6.76. The Morgan fingerprint density at radius 1 is 0.804 bits per heavy atom. The zero-order valence-corrected chi connectivity index (χ0v) is 24.9. The molecule has 1 aliphatic heterocycles. The summed E-state index contributed by atoms with van der Waals surface area (Å²) < 4.78 is 107. The number of carbonyl (C=O) groups excluding carboxylic acids is 1. The molecule has 1 aliphatic rings. The Hall–Kier alpha value is -5.06. The van der Waals surface area contributed by atoms with Crippen LogP contribution in [0.15, 0.2) is 59.4 Å². The molecule has 3 aromatic carbocycles. The third kappa shape index (κ3) is 4.99. The van der Waals surface area contributed by atoms with Gasteiger partial charge < -0.3 is 4.90 Å². The van der Waals surface area contributed by atoms with Gasteiger partial charge in [-0.1, -0.05) is 0 Å². The van der Waals surface area contributed by atoms with Gasteiger partial charge in [0.25, 0.3) is 11.5 Å². The van der Waals surface area contributed by atoms with Crippen LogP contribution in [0.25, 0.3) is 16.6 Å². The molecule has 0 atom stereocenters. The van der Waals surface area contributed by atoms with E-state index in [1.165, 1.54) is 43.0 Å². The lowest BCUT2D eigenvalue weighted by Gasteiger charge is -2.30. The fourth-order valence-corrected chi connectivity index (χ4v) is 5.96. The van der Waals surface area contributed by atoms with Gasteiger partial charge in [-0.15, -0.1) is 0 Å². The molecule has 1 aromatic heterocycles. The van der Waals surface area contributed by atoms with Crippen molar-refractivity contribution in [3.05, 3.63) is 92.0 Å². The number of anilines is 2. The topological polar surface area (TPSA) is 98.1 Å². The number of thiocarbonyl (C=S) groups is 1. The number of hydrogen-bond acceptors (Lipinski definition) is 6. The van der Waals surface area contributed by atoms with Crippen LogP contribution in [0.2, 0.25) is 0 Å². The monoisotopic (exact) mass is 675 g/mol. The Bertz CT molecular complexity index is 2320. The summed E-state index contributed by atoms with van der Waals surface area (Å²) in [5.74, 6) is -0.785. The Kier molecular flexibility index (Phi) is 6.66. The van der Waals surface area contributed by atoms with E-state index in [4.69, 9.17) is 28.5 Å². The van der Waals surface area contributed by atoms with E-state index < -0.39 is 63.4 Å². The minimum absolute atomic E-state index is 0.0295. The number of nitrogens with zero attached hydrogens (tertiary/aromatic N) is 6. The SMILES string of the molecule is [2H]C([2H])([2H])n1c(=O)c2ccc(N3C(=S)N(c4ccc(C#N)c(C(F)(F)F)c4)C(=O)C3(C)C)cc2n(-c2ccc(C#N)c(C(F)(F)F)c2)c1=S. The summed E-state index contributed by atoms with van der Waals surface area (Å²) in [5.41, 5.74) is -7.69. The zero-order chi connectivity index (χ0) is 36.6. The second-order valence-corrected chi connectivity index (χ2v) is 11.2. The molecule has 1 amide bonds. The number of hydrogen-bond donors (Lipinski definition) is 0. The fourth-order valence-electron chi connectivity index (χ4n) is 5.15. The number of halogens is 6. The van der Waals surface area contributed by atoms with Crippen LogP contribution in [0.3, 0.4) is 0 Å². The van der Waals surface area contributed by atoms with Gasteiger partial charge in [0.05, 0.1) is 51.0 Å². The van der Waals surface area contributed by atoms with Crippen LogP contribution in [0, 0.1) is 27.4 Å². The van der Waals surface area contributed by atoms with Gasteiger partial charge in [0.15, 0.2) is 9.88 Å². The molecule has 0 radical (unpaired) electrons. The normalized spacial score (nSPS) is 16.2. The average molecular weight is 676 g/mol. The van der Waals surface area contributed by atoms with Crippen molar-refractivity contribution in [1.29, 1.82) is 10.5 Å². The van der Waals surface area contributed by atoms with Crippen molar-refractivity contribution in [1.82, 2.24) is 9.13 Å². The van der Waals surface area contributed by atoms with E-state index in [-0.39, 0.29) is 37.6 Å². The molecule has 5 rings (SSSR count). The largest absolute Gasteiger partial charge is 0.417 e. The van der Waals surface area contributed by atoms with E-state index in [0.717, 1.165) is 39.8 Å². The van der Waals surface area contributed by atoms with Crippen molar-refractivity contribution in [3.63, 3.8) is 0 Å². The fraction of sp³-hybridized carbons (Fsp3) is 0.200. The van der Waals surface area contributed by atoms with Crippen LogP contribution in [0.4, 0.5) is 37.7 Å². The molecular weight excluding hydrogens is 654 g/mol. The second-order valence-electron chi connectivity index (χ2n) is 10.5. The van der Waals surface area contributed by atoms with Gasteiger partial charge in [-0.2, -0.15) is 36.9 Å². The summed E-state index contributed by atoms with van der Waals surface area (Å²) in [5, 5.41) is 17.8. The van der Waals surface area contributed by atoms with E-state index in [9.17, 15) is 46.5 Å². The lowest BCUT2D eigenvalue weighted by atomic mass is 10.0. The summed E-state index contributed by atoms with van der Waals surface area (Å²) >= 11 is 10.9. The number of benzene rings is 3. The second kappa shape index (κ2) is 10.8. The molecule has 46 heavy (non-hydrogen) atoms. The van der Waals surface area contributed by atoms with Crippen molar-refractivity contribution in [2.75, 3.05) is 9.80 Å². The van der Waals surface area contributed by atoms with Crippen LogP contribution in [0.5, 0.6) is 0 Å². The molecule has 234 valence electrons. The first-order valence-electron chi connectivity index (χ1n) is 14.3. The summed E-state index contributed by atoms with van der Waals surface area (Å²) in [6, 6.07) is 11.6. The molecule has 0 bridgehead atoms. The predicted molar refractivity (Wildman–Crippen MR) is 162 cm³/mol. The minimum Gasteiger partial charge on any atom is -0.303 e. The smallest absolute Gasteiger partial charge is 0.303 e. The molecule has 0 spiro atoms. The highest BCUT2D eigenvalue weighted by Crippen LogP contribution is 2.40. The highest BCUT2D eigenvalue weighted by molar-refractivity contribution is 7.81. The Labute approximate surface area is 270 Å². The van der Waals surface area contributed by atoms with Crippen molar-refractivity contribution in [2.24, 2.45) is 6.98 Å². The van der Waals surface area contributed by atoms with Crippen LogP contribution >= 0.6 is 24.4 Å². The first kappa shape index (κ1) is 28.4. The van der Waals surface area contributed by atoms with Gasteiger partial charge in [-0.25, -0.2) is 0 Å². The maximum absolute atomic E-state index is 14.0. The third-order valence-electron chi connectivity index (χ3n) is 7.34. The highest BCUT2D eigenvalue weighted by Gasteiger charge is 2.51. The van der Waals surface area contributed by atoms with E-state index in [1.807, 2.05) is 0 Å². The molecule has 0 unspecified atom stereocenters. The number of aromatic nitrogens is 2. The number of nitriles is 2. The van der Waals surface area contributed by atoms with Gasteiger partial charge >= 0.3 is 12.4 Å². The van der Waals surface area contributed by atoms with Gasteiger partial charge in [-0.3, -0.25) is 23.6 Å². The van der Waals surface area contributed by atoms with E-state index in [2.05, 4.69) is 0 Å². The first-order chi connectivity index (χ1) is 22.5. The van der Waals surface area contributed by atoms with E-state index >= 15 is 0 Å². The quantitative estimate of drug-likeness (QED) is 0.175. The lowest BCUT2D eigenvalue weighted by molar-refractivity contribution is -0.138. The van der Waals surface area contributed by atoms with Gasteiger partial charge in [0.2, 0.25) is 0 Å². The maximum Gasteiger partial charge on any atom is 0.417 e. The van der Waals surface area contributed by atoms with Crippen molar-refractivity contribution in [3.8, 4) is 17.8 Å². The summed E-state index contributed by atoms with van der Waals surface area (Å²) in [4.78, 5) is 29.3. The van der Waals surface area contributed by atoms with Gasteiger partial charge in [0.1, 0.15) is 5.54 Å². The lowest BCUT2D eigenvalue weighted by Crippen LogP contribution is -2.44. The number of alkyl halides is 6. The van der Waals surface area contributed by atoms with Crippen LogP contribution < -0.4 is 15.4 Å². The Morgan fingerprint density at radius 3 is 1.85 bits per heavy atom. The van der Waals surface area contributed by atoms with E-state index in [0.29, 0.717) is 12.1 Å². The zero-order valence-electron chi connectivity index (χ0n) is 26.3. The average Bonchev–Trinajstić information content (AvgIpc) is 3.17. The standard InChI is InChI=1S/C30H18F6N6O2S2/c1-28(2)25(44)41(18-7-5-16(14-38)22(11-18)30(34,35)36)27(46)42(28)19-8-9-20-23(12-19)40(26(45)39(3)24(20)43)17-6-4-15(13-37)21(10-17)29(31,32)33/h4-12H,1-3H3/i3D3. The highest BCUT2D eigenvalue weighted by atomic mass is 32.1. The molecule has 0 saturated carbocycles. The first-order valence-corrected chi connectivity index (χ1v) is 13.6. The summed E-state index contributed by atoms with van der Waals surface area (Å²) in [6.07, 6.45) is -9.97. The van der Waals surface area contributed by atoms with Crippen LogP contribution in [-0.4, -0.2) is 25.7 Å². The molecule has 16 heteroatoms. The molecular formula is C30H18F6N6O2S2. The number of fused-ring (bicyclic) bond motifs is 1. The molecule has 8 nitrogen and oxygen atoms in total. The molecule has 2 heterocycles. The molecule has 1 fully saturated rings. The Morgan fingerprint density at radius 2 is 1.33 bits per heavy atom. The third-order valence-corrected chi connectivity index (χ3v) is 8.07. The number of rotatable bonds is 3. The maximum atomic E-state index is 14.0. The van der Waals surface area contributed by atoms with Crippen LogP contribution in [0.1, 0.15) is 40.2 Å². The molecule has 0 aliphatic carbocycles. The van der Waals surface area contributed by atoms with E-state index in [1.54, 1.807) is 0 Å². The number of amides is 1. The molecule has 1 saturated heterocycles. The van der Waals surface area contributed by atoms with Crippen molar-refractivity contribution in [2.45, 2.75) is 31.7 Å². The molecule has 4 aromatic rings. The van der Waals surface area contributed by atoms with Gasteiger partial charge in [0, 0.05) is 22.5 Å². The number of carbonyl (C=O) groups is 1.